The Bertz CT molecular complexity index is 770. The summed E-state index contributed by atoms with van der Waals surface area (Å²) in [4.78, 5) is 36.5. The molecule has 0 radical (unpaired) electrons. The highest BCUT2D eigenvalue weighted by molar-refractivity contribution is 5.93. The Kier molecular flexibility index (Phi) is 8.85. The molecule has 2 bridgehead atoms. The Labute approximate surface area is 199 Å². The first-order valence-corrected chi connectivity index (χ1v) is 12.7. The molecule has 0 atom stereocenters. The van der Waals surface area contributed by atoms with Crippen LogP contribution >= 0.6 is 0 Å². The smallest absolute Gasteiger partial charge is 0.256 e. The number of carbonyl (C=O) groups excluding carboxylic acids is 2. The summed E-state index contributed by atoms with van der Waals surface area (Å²) < 4.78 is 0. The molecule has 0 spiro atoms. The van der Waals surface area contributed by atoms with Gasteiger partial charge in [0, 0.05) is 57.0 Å². The van der Waals surface area contributed by atoms with E-state index in [4.69, 9.17) is 5.73 Å². The van der Waals surface area contributed by atoms with Crippen LogP contribution in [0.15, 0.2) is 12.4 Å². The third kappa shape index (κ3) is 6.98. The number of anilines is 1. The van der Waals surface area contributed by atoms with Gasteiger partial charge in [0.1, 0.15) is 5.78 Å². The van der Waals surface area contributed by atoms with Gasteiger partial charge in [-0.15, -0.1) is 0 Å². The molecule has 7 heteroatoms. The van der Waals surface area contributed by atoms with Gasteiger partial charge >= 0.3 is 0 Å². The number of Topliss-reactive ketones (excluding diaryl/α,β-unsaturated/α-hetero) is 1. The van der Waals surface area contributed by atoms with Crippen LogP contribution in [0.4, 0.5) is 5.95 Å². The molecule has 2 saturated carbocycles. The molecule has 1 amide bonds. The van der Waals surface area contributed by atoms with Crippen LogP contribution in [0.25, 0.3) is 0 Å². The van der Waals surface area contributed by atoms with Crippen molar-refractivity contribution in [1.82, 2.24) is 19.8 Å². The first kappa shape index (κ1) is 25.6. The van der Waals surface area contributed by atoms with Crippen molar-refractivity contribution in [2.45, 2.75) is 72.3 Å². The number of carbonyl (C=O) groups is 2. The van der Waals surface area contributed by atoms with Crippen molar-refractivity contribution in [1.29, 1.82) is 0 Å². The zero-order valence-corrected chi connectivity index (χ0v) is 21.2. The van der Waals surface area contributed by atoms with Crippen LogP contribution in [0, 0.1) is 29.6 Å². The number of hydrogen-bond acceptors (Lipinski definition) is 6. The summed E-state index contributed by atoms with van der Waals surface area (Å²) in [6.45, 7) is 12.0. The fourth-order valence-electron chi connectivity index (χ4n) is 5.57. The topological polar surface area (TPSA) is 92.4 Å². The molecular weight excluding hydrogens is 414 g/mol. The first-order valence-electron chi connectivity index (χ1n) is 12.7. The van der Waals surface area contributed by atoms with Crippen molar-refractivity contribution in [3.05, 3.63) is 18.0 Å². The molecule has 4 fully saturated rings. The summed E-state index contributed by atoms with van der Waals surface area (Å²) in [5.41, 5.74) is 5.89. The Hall–Kier alpha value is -2.02. The molecule has 33 heavy (non-hydrogen) atoms. The molecule has 2 N–H and O–H groups in total. The van der Waals surface area contributed by atoms with Crippen LogP contribution in [0.5, 0.6) is 0 Å². The third-order valence-corrected chi connectivity index (χ3v) is 7.66. The molecule has 1 aromatic rings. The lowest BCUT2D eigenvalue weighted by Crippen LogP contribution is -2.50. The average molecular weight is 458 g/mol. The van der Waals surface area contributed by atoms with Gasteiger partial charge in [-0.05, 0) is 70.1 Å². The van der Waals surface area contributed by atoms with Gasteiger partial charge in [0.15, 0.2) is 0 Å². The van der Waals surface area contributed by atoms with Crippen LogP contribution in [0.1, 0.15) is 76.6 Å². The van der Waals surface area contributed by atoms with E-state index < -0.39 is 0 Å². The summed E-state index contributed by atoms with van der Waals surface area (Å²) in [7, 11) is 1.80. The number of fused-ring (bicyclic) bond motifs is 2. The first-order chi connectivity index (χ1) is 15.6. The van der Waals surface area contributed by atoms with E-state index in [0.29, 0.717) is 23.8 Å². The normalized spacial score (nSPS) is 26.9. The molecule has 0 unspecified atom stereocenters. The number of aromatic nitrogens is 2. The van der Waals surface area contributed by atoms with E-state index in [9.17, 15) is 9.59 Å². The molecule has 4 aliphatic rings. The van der Waals surface area contributed by atoms with Gasteiger partial charge in [-0.3, -0.25) is 9.59 Å². The molecule has 2 aliphatic carbocycles. The Morgan fingerprint density at radius 2 is 1.58 bits per heavy atom. The van der Waals surface area contributed by atoms with Crippen LogP contribution in [-0.2, 0) is 4.79 Å². The number of rotatable bonds is 6. The number of nitrogens with zero attached hydrogens (tertiary/aromatic N) is 4. The van der Waals surface area contributed by atoms with Gasteiger partial charge in [0.25, 0.3) is 5.91 Å². The number of amides is 1. The minimum absolute atomic E-state index is 0.0922. The fraction of sp³-hybridized carbons (Fsp3) is 0.769. The molecule has 2 saturated heterocycles. The van der Waals surface area contributed by atoms with E-state index in [1.54, 1.807) is 11.9 Å². The minimum Gasteiger partial charge on any atom is -0.368 e. The molecule has 3 heterocycles. The maximum absolute atomic E-state index is 12.3. The summed E-state index contributed by atoms with van der Waals surface area (Å²) in [6.07, 6.45) is 9.85. The van der Waals surface area contributed by atoms with Crippen molar-refractivity contribution >= 4 is 17.6 Å². The quantitative estimate of drug-likeness (QED) is 0.696. The second-order valence-electron chi connectivity index (χ2n) is 11.0. The van der Waals surface area contributed by atoms with Gasteiger partial charge in [-0.2, -0.15) is 0 Å². The summed E-state index contributed by atoms with van der Waals surface area (Å²) >= 11 is 0. The molecular formula is C26H43N5O2. The fourth-order valence-corrected chi connectivity index (χ4v) is 5.57. The minimum atomic E-state index is -0.0922. The zero-order chi connectivity index (χ0) is 24.1. The Balaban J connectivity index is 0.000000252. The van der Waals surface area contributed by atoms with Crippen molar-refractivity contribution in [3.63, 3.8) is 0 Å². The third-order valence-electron chi connectivity index (χ3n) is 7.66. The largest absolute Gasteiger partial charge is 0.368 e. The van der Waals surface area contributed by atoms with Gasteiger partial charge in [0.2, 0.25) is 5.95 Å². The number of hydrogen-bond donors (Lipinski definition) is 1. The highest BCUT2D eigenvalue weighted by Crippen LogP contribution is 2.39. The number of piperidine rings is 2. The number of ketones is 1. The molecule has 184 valence electrons. The molecule has 0 aromatic carbocycles. The van der Waals surface area contributed by atoms with E-state index >= 15 is 0 Å². The van der Waals surface area contributed by atoms with E-state index in [1.165, 1.54) is 38.3 Å². The van der Waals surface area contributed by atoms with Crippen LogP contribution in [0.2, 0.25) is 0 Å². The lowest BCUT2D eigenvalue weighted by molar-refractivity contribution is -0.127. The summed E-state index contributed by atoms with van der Waals surface area (Å²) in [5.74, 6) is 3.37. The second kappa shape index (κ2) is 11.4. The Morgan fingerprint density at radius 3 is 2.03 bits per heavy atom. The van der Waals surface area contributed by atoms with Crippen molar-refractivity contribution in [2.24, 2.45) is 29.6 Å². The van der Waals surface area contributed by atoms with E-state index in [2.05, 4.69) is 28.7 Å². The summed E-state index contributed by atoms with van der Waals surface area (Å²) in [5, 5.41) is 0. The number of nitrogens with two attached hydrogens (primary N) is 1. The lowest BCUT2D eigenvalue weighted by Gasteiger charge is -2.48. The average Bonchev–Trinajstić information content (AvgIpc) is 2.79. The monoisotopic (exact) mass is 457 g/mol. The maximum Gasteiger partial charge on any atom is 0.256 e. The van der Waals surface area contributed by atoms with Gasteiger partial charge < -0.3 is 15.5 Å². The van der Waals surface area contributed by atoms with Crippen molar-refractivity contribution < 1.29 is 9.59 Å². The van der Waals surface area contributed by atoms with E-state index in [0.717, 1.165) is 43.6 Å². The highest BCUT2D eigenvalue weighted by atomic mass is 16.2. The van der Waals surface area contributed by atoms with Crippen LogP contribution in [-0.4, -0.2) is 64.2 Å². The van der Waals surface area contributed by atoms with Crippen LogP contribution < -0.4 is 5.73 Å². The molecule has 7 nitrogen and oxygen atoms in total. The predicted molar refractivity (Wildman–Crippen MR) is 132 cm³/mol. The zero-order valence-electron chi connectivity index (χ0n) is 21.2. The summed E-state index contributed by atoms with van der Waals surface area (Å²) in [6, 6.07) is 0.783. The van der Waals surface area contributed by atoms with E-state index in [-0.39, 0.29) is 23.7 Å². The Morgan fingerprint density at radius 1 is 1.03 bits per heavy atom. The standard InChI is InChI=1S/C17H26N4O2.C9H17N/c1-11(2)15(22)13-6-4-12(5-7-13)10-21(3)16(23)14-8-19-17(18)20-9-14;1-7(2)10-5-8-3-9(4-8)6-10/h8-9,11-13H,4-7,10H2,1-3H3,(H2,18,19,20);7-9H,3-6H2,1-2H3. The van der Waals surface area contributed by atoms with Crippen molar-refractivity contribution in [3.8, 4) is 0 Å². The van der Waals surface area contributed by atoms with Gasteiger partial charge in [-0.25, -0.2) is 9.97 Å². The van der Waals surface area contributed by atoms with Gasteiger partial charge in [-0.1, -0.05) is 13.8 Å². The number of nitrogen functional groups attached to an aromatic ring is 1. The predicted octanol–water partition coefficient (Wildman–Crippen LogP) is 3.90. The van der Waals surface area contributed by atoms with Crippen LogP contribution in [0.3, 0.4) is 0 Å². The SMILES string of the molecule is CC(C)C(=O)C1CCC(CN(C)C(=O)c2cnc(N)nc2)CC1.CC(C)N1CC2CC(C2)C1. The highest BCUT2D eigenvalue weighted by Gasteiger charge is 2.37. The van der Waals surface area contributed by atoms with Gasteiger partial charge in [0.05, 0.1) is 5.56 Å². The molecule has 5 rings (SSSR count). The second-order valence-corrected chi connectivity index (χ2v) is 11.0. The lowest BCUT2D eigenvalue weighted by atomic mass is 9.71. The molecule has 2 aliphatic heterocycles. The maximum atomic E-state index is 12.3. The van der Waals surface area contributed by atoms with Crippen molar-refractivity contribution in [2.75, 3.05) is 32.4 Å². The molecule has 1 aromatic heterocycles. The van der Waals surface area contributed by atoms with E-state index in [1.807, 2.05) is 13.8 Å².